The van der Waals surface area contributed by atoms with Crippen molar-refractivity contribution in [3.63, 3.8) is 0 Å². The summed E-state index contributed by atoms with van der Waals surface area (Å²) in [6.07, 6.45) is 1.39. The largest absolute Gasteiger partial charge is 0.325 e. The smallest absolute Gasteiger partial charge is 0.252 e. The number of carbonyl (C=O) groups is 1. The van der Waals surface area contributed by atoms with Crippen LogP contribution in [0.5, 0.6) is 0 Å². The predicted molar refractivity (Wildman–Crippen MR) is 110 cm³/mol. The van der Waals surface area contributed by atoms with Crippen LogP contribution >= 0.6 is 11.3 Å². The maximum atomic E-state index is 12.9. The molecule has 2 heterocycles. The van der Waals surface area contributed by atoms with Crippen molar-refractivity contribution in [1.29, 1.82) is 0 Å². The van der Waals surface area contributed by atoms with Gasteiger partial charge in [-0.1, -0.05) is 17.7 Å². The molecule has 1 saturated heterocycles. The summed E-state index contributed by atoms with van der Waals surface area (Å²) in [4.78, 5) is 13.8. The summed E-state index contributed by atoms with van der Waals surface area (Å²) < 4.78 is 27.6. The number of rotatable bonds is 4. The Hall–Kier alpha value is -1.70. The zero-order chi connectivity index (χ0) is 19.8. The number of anilines is 1. The van der Waals surface area contributed by atoms with Gasteiger partial charge < -0.3 is 5.32 Å². The van der Waals surface area contributed by atoms with E-state index in [-0.39, 0.29) is 18.4 Å². The van der Waals surface area contributed by atoms with E-state index in [1.54, 1.807) is 6.07 Å². The molecule has 0 unspecified atom stereocenters. The van der Waals surface area contributed by atoms with Crippen LogP contribution in [0.25, 0.3) is 0 Å². The van der Waals surface area contributed by atoms with Gasteiger partial charge in [0.15, 0.2) is 0 Å². The average Bonchev–Trinajstić information content (AvgIpc) is 3.05. The Morgan fingerprint density at radius 1 is 1.15 bits per heavy atom. The van der Waals surface area contributed by atoms with Crippen LogP contribution in [0.15, 0.2) is 28.5 Å². The van der Waals surface area contributed by atoms with E-state index in [1.165, 1.54) is 15.6 Å². The number of thiophene rings is 1. The maximum Gasteiger partial charge on any atom is 0.252 e. The number of benzene rings is 1. The molecule has 1 amide bonds. The van der Waals surface area contributed by atoms with Crippen molar-refractivity contribution in [3.8, 4) is 0 Å². The van der Waals surface area contributed by atoms with Gasteiger partial charge in [0.2, 0.25) is 5.91 Å². The van der Waals surface area contributed by atoms with E-state index < -0.39 is 10.0 Å². The van der Waals surface area contributed by atoms with Gasteiger partial charge in [0.25, 0.3) is 10.0 Å². The zero-order valence-corrected chi connectivity index (χ0v) is 17.8. The van der Waals surface area contributed by atoms with E-state index in [4.69, 9.17) is 0 Å². The van der Waals surface area contributed by atoms with Gasteiger partial charge in [-0.25, -0.2) is 8.42 Å². The van der Waals surface area contributed by atoms with Gasteiger partial charge in [0.1, 0.15) is 4.21 Å². The first kappa shape index (κ1) is 20.0. The third-order valence-corrected chi connectivity index (χ3v) is 8.32. The first-order valence-corrected chi connectivity index (χ1v) is 11.4. The molecular formula is C20H26N2O3S2. The molecule has 1 N–H and O–H groups in total. The Balaban J connectivity index is 1.75. The zero-order valence-electron chi connectivity index (χ0n) is 16.2. The number of aryl methyl sites for hydroxylation is 4. The van der Waals surface area contributed by atoms with Crippen LogP contribution in [0.2, 0.25) is 0 Å². The predicted octanol–water partition coefficient (Wildman–Crippen LogP) is 4.02. The van der Waals surface area contributed by atoms with Crippen molar-refractivity contribution in [1.82, 2.24) is 4.31 Å². The number of carbonyl (C=O) groups excluding carboxylic acids is 1. The van der Waals surface area contributed by atoms with Crippen LogP contribution in [0, 0.1) is 33.6 Å². The van der Waals surface area contributed by atoms with E-state index in [9.17, 15) is 13.2 Å². The van der Waals surface area contributed by atoms with Crippen molar-refractivity contribution in [2.75, 3.05) is 18.4 Å². The van der Waals surface area contributed by atoms with Gasteiger partial charge in [-0.2, -0.15) is 4.31 Å². The summed E-state index contributed by atoms with van der Waals surface area (Å²) in [6.45, 7) is 8.57. The van der Waals surface area contributed by atoms with Crippen LogP contribution in [-0.2, 0) is 14.8 Å². The molecule has 0 aliphatic carbocycles. The van der Waals surface area contributed by atoms with Crippen molar-refractivity contribution in [2.24, 2.45) is 5.92 Å². The number of amides is 1. The monoisotopic (exact) mass is 406 g/mol. The topological polar surface area (TPSA) is 66.5 Å². The summed E-state index contributed by atoms with van der Waals surface area (Å²) >= 11 is 1.28. The third kappa shape index (κ3) is 4.25. The summed E-state index contributed by atoms with van der Waals surface area (Å²) in [5.74, 6) is -0.443. The first-order valence-electron chi connectivity index (χ1n) is 9.14. The molecule has 5 nitrogen and oxygen atoms in total. The fourth-order valence-electron chi connectivity index (χ4n) is 3.66. The van der Waals surface area contributed by atoms with Crippen molar-refractivity contribution in [2.45, 2.75) is 44.7 Å². The standard InChI is InChI=1S/C20H26N2O3S2/c1-13-10-14(2)19(15(3)11-13)21-20(23)17-6-5-9-22(12-17)27(24,25)18-8-7-16(4)26-18/h7-8,10-11,17H,5-6,9,12H2,1-4H3,(H,21,23)/t17-/m0/s1. The highest BCUT2D eigenvalue weighted by atomic mass is 32.2. The Morgan fingerprint density at radius 2 is 1.81 bits per heavy atom. The van der Waals surface area contributed by atoms with Crippen molar-refractivity contribution >= 4 is 33.0 Å². The van der Waals surface area contributed by atoms with Crippen LogP contribution < -0.4 is 5.32 Å². The van der Waals surface area contributed by atoms with E-state index in [1.807, 2.05) is 45.9 Å². The summed E-state index contributed by atoms with van der Waals surface area (Å²) in [5, 5.41) is 3.03. The molecular weight excluding hydrogens is 380 g/mol. The maximum absolute atomic E-state index is 12.9. The second-order valence-corrected chi connectivity index (χ2v) is 10.8. The highest BCUT2D eigenvalue weighted by molar-refractivity contribution is 7.91. The second-order valence-electron chi connectivity index (χ2n) is 7.33. The van der Waals surface area contributed by atoms with Gasteiger partial charge in [0.05, 0.1) is 5.92 Å². The van der Waals surface area contributed by atoms with Crippen LogP contribution in [0.3, 0.4) is 0 Å². The number of hydrogen-bond donors (Lipinski definition) is 1. The van der Waals surface area contributed by atoms with Gasteiger partial charge in [-0.05, 0) is 63.8 Å². The minimum atomic E-state index is -3.53. The molecule has 0 spiro atoms. The van der Waals surface area contributed by atoms with Crippen LogP contribution in [-0.4, -0.2) is 31.7 Å². The third-order valence-electron chi connectivity index (χ3n) is 4.99. The fourth-order valence-corrected chi connectivity index (χ4v) is 6.62. The lowest BCUT2D eigenvalue weighted by Crippen LogP contribution is -2.43. The SMILES string of the molecule is Cc1cc(C)c(NC(=O)[C@H]2CCCN(S(=O)(=O)c3ccc(C)s3)C2)c(C)c1. The molecule has 146 valence electrons. The van der Waals surface area contributed by atoms with Gasteiger partial charge in [0, 0.05) is 23.7 Å². The van der Waals surface area contributed by atoms with E-state index in [0.717, 1.165) is 27.3 Å². The van der Waals surface area contributed by atoms with Gasteiger partial charge >= 0.3 is 0 Å². The molecule has 1 atom stereocenters. The first-order chi connectivity index (χ1) is 12.7. The Labute approximate surface area is 165 Å². The number of nitrogens with one attached hydrogen (secondary N) is 1. The van der Waals surface area contributed by atoms with E-state index in [0.29, 0.717) is 23.6 Å². The number of nitrogens with zero attached hydrogens (tertiary/aromatic N) is 1. The quantitative estimate of drug-likeness (QED) is 0.834. The van der Waals surface area contributed by atoms with E-state index >= 15 is 0 Å². The lowest BCUT2D eigenvalue weighted by molar-refractivity contribution is -0.120. The molecule has 3 rings (SSSR count). The molecule has 2 aromatic rings. The highest BCUT2D eigenvalue weighted by Gasteiger charge is 2.34. The van der Waals surface area contributed by atoms with Crippen molar-refractivity contribution in [3.05, 3.63) is 45.8 Å². The van der Waals surface area contributed by atoms with Crippen LogP contribution in [0.1, 0.15) is 34.4 Å². The number of hydrogen-bond acceptors (Lipinski definition) is 4. The minimum Gasteiger partial charge on any atom is -0.325 e. The van der Waals surface area contributed by atoms with Crippen molar-refractivity contribution < 1.29 is 13.2 Å². The second kappa shape index (κ2) is 7.73. The van der Waals surface area contributed by atoms with Gasteiger partial charge in [-0.3, -0.25) is 4.79 Å². The molecule has 1 aromatic carbocycles. The molecule has 0 bridgehead atoms. The minimum absolute atomic E-state index is 0.104. The average molecular weight is 407 g/mol. The van der Waals surface area contributed by atoms with E-state index in [2.05, 4.69) is 5.32 Å². The highest BCUT2D eigenvalue weighted by Crippen LogP contribution is 2.29. The number of piperidine rings is 1. The number of sulfonamides is 1. The molecule has 27 heavy (non-hydrogen) atoms. The molecule has 7 heteroatoms. The normalized spacial score (nSPS) is 18.4. The molecule has 0 radical (unpaired) electrons. The Morgan fingerprint density at radius 3 is 2.41 bits per heavy atom. The fraction of sp³-hybridized carbons (Fsp3) is 0.450. The molecule has 1 aliphatic heterocycles. The Bertz CT molecular complexity index is 940. The lowest BCUT2D eigenvalue weighted by Gasteiger charge is -2.31. The molecule has 1 fully saturated rings. The molecule has 1 aliphatic rings. The lowest BCUT2D eigenvalue weighted by atomic mass is 9.98. The molecule has 1 aromatic heterocycles. The van der Waals surface area contributed by atoms with Crippen LogP contribution in [0.4, 0.5) is 5.69 Å². The summed E-state index contributed by atoms with van der Waals surface area (Å²) in [5.41, 5.74) is 4.04. The summed E-state index contributed by atoms with van der Waals surface area (Å²) in [7, 11) is -3.53. The molecule has 0 saturated carbocycles. The van der Waals surface area contributed by atoms with Gasteiger partial charge in [-0.15, -0.1) is 11.3 Å². The Kier molecular flexibility index (Phi) is 5.74. The summed E-state index contributed by atoms with van der Waals surface area (Å²) in [6, 6.07) is 7.55.